The summed E-state index contributed by atoms with van der Waals surface area (Å²) in [5.41, 5.74) is 1.60. The zero-order valence-corrected chi connectivity index (χ0v) is 15.8. The highest BCUT2D eigenvalue weighted by molar-refractivity contribution is 6.44. The number of nitrogens with one attached hydrogen (secondary N) is 1. The predicted octanol–water partition coefficient (Wildman–Crippen LogP) is 5.05. The Morgan fingerprint density at radius 3 is 2.00 bits per heavy atom. The maximum Gasteiger partial charge on any atom is 0.266 e. The first-order chi connectivity index (χ1) is 13.5. The zero-order chi connectivity index (χ0) is 19.8. The number of fused-ring (bicyclic) bond motifs is 1. The van der Waals surface area contributed by atoms with Gasteiger partial charge in [-0.2, -0.15) is 0 Å². The van der Waals surface area contributed by atoms with Gasteiger partial charge in [-0.15, -0.1) is 0 Å². The lowest BCUT2D eigenvalue weighted by Gasteiger charge is -2.15. The van der Waals surface area contributed by atoms with Crippen LogP contribution in [0.25, 0.3) is 0 Å². The Balaban J connectivity index is 1.66. The van der Waals surface area contributed by atoms with E-state index in [9.17, 15) is 14.4 Å². The van der Waals surface area contributed by atoms with Crippen molar-refractivity contribution in [2.24, 2.45) is 0 Å². The lowest BCUT2D eigenvalue weighted by Crippen LogP contribution is -2.29. The van der Waals surface area contributed by atoms with Gasteiger partial charge >= 0.3 is 0 Å². The fourth-order valence-corrected chi connectivity index (χ4v) is 3.31. The number of anilines is 2. The van der Waals surface area contributed by atoms with Crippen LogP contribution >= 0.6 is 23.2 Å². The number of carbonyl (C=O) groups is 3. The maximum atomic E-state index is 12.7. The summed E-state index contributed by atoms with van der Waals surface area (Å²) in [6.45, 7) is 0. The minimum absolute atomic E-state index is 0.179. The van der Waals surface area contributed by atoms with Crippen LogP contribution in [0.15, 0.2) is 66.7 Å². The van der Waals surface area contributed by atoms with Crippen molar-refractivity contribution < 1.29 is 14.4 Å². The Bertz CT molecular complexity index is 1090. The molecule has 3 aromatic carbocycles. The summed E-state index contributed by atoms with van der Waals surface area (Å²) >= 11 is 12.0. The van der Waals surface area contributed by atoms with Gasteiger partial charge in [-0.1, -0.05) is 47.5 Å². The molecule has 0 saturated heterocycles. The van der Waals surface area contributed by atoms with E-state index in [0.717, 1.165) is 4.90 Å². The van der Waals surface area contributed by atoms with E-state index in [-0.39, 0.29) is 27.1 Å². The van der Waals surface area contributed by atoms with E-state index in [1.807, 2.05) is 6.07 Å². The molecule has 1 N–H and O–H groups in total. The van der Waals surface area contributed by atoms with Crippen LogP contribution in [0.1, 0.15) is 31.1 Å². The van der Waals surface area contributed by atoms with Gasteiger partial charge in [0.2, 0.25) is 0 Å². The molecule has 0 atom stereocenters. The van der Waals surface area contributed by atoms with Gasteiger partial charge in [0.25, 0.3) is 17.7 Å². The second kappa shape index (κ2) is 7.11. The fraction of sp³-hybridized carbons (Fsp3) is 0. The average Bonchev–Trinajstić information content (AvgIpc) is 2.93. The summed E-state index contributed by atoms with van der Waals surface area (Å²) in [5, 5.41) is 3.16. The predicted molar refractivity (Wildman–Crippen MR) is 108 cm³/mol. The largest absolute Gasteiger partial charge is 0.322 e. The molecule has 0 saturated carbocycles. The third-order valence-corrected chi connectivity index (χ3v) is 5.05. The summed E-state index contributed by atoms with van der Waals surface area (Å²) in [5.74, 6) is -1.38. The van der Waals surface area contributed by atoms with Crippen LogP contribution in [0, 0.1) is 0 Å². The molecular weight excluding hydrogens is 399 g/mol. The molecule has 0 aromatic heterocycles. The highest BCUT2D eigenvalue weighted by Gasteiger charge is 2.37. The van der Waals surface area contributed by atoms with Crippen molar-refractivity contribution >= 4 is 52.3 Å². The van der Waals surface area contributed by atoms with Crippen LogP contribution < -0.4 is 10.2 Å². The molecule has 0 radical (unpaired) electrons. The number of hydrogen-bond donors (Lipinski definition) is 1. The summed E-state index contributed by atoms with van der Waals surface area (Å²) in [6, 6.07) is 18.0. The number of carbonyl (C=O) groups excluding carboxylic acids is 3. The van der Waals surface area contributed by atoms with Crippen LogP contribution in [0.5, 0.6) is 0 Å². The number of para-hydroxylation sites is 1. The molecule has 0 aliphatic carbocycles. The smallest absolute Gasteiger partial charge is 0.266 e. The number of hydrogen-bond acceptors (Lipinski definition) is 3. The lowest BCUT2D eigenvalue weighted by atomic mass is 10.1. The van der Waals surface area contributed by atoms with Gasteiger partial charge in [0.05, 0.1) is 26.9 Å². The number of amides is 3. The fourth-order valence-electron chi connectivity index (χ4n) is 2.98. The van der Waals surface area contributed by atoms with E-state index < -0.39 is 11.8 Å². The molecule has 0 spiro atoms. The molecular formula is C21H12Cl2N2O3. The van der Waals surface area contributed by atoms with Crippen molar-refractivity contribution in [3.05, 3.63) is 93.5 Å². The SMILES string of the molecule is O=C(Nc1ccccc1)c1cccc(N2C(=O)c3cc(Cl)c(Cl)cc3C2=O)c1. The first-order valence-electron chi connectivity index (χ1n) is 8.30. The van der Waals surface area contributed by atoms with Crippen molar-refractivity contribution in [2.75, 3.05) is 10.2 Å². The Kier molecular flexibility index (Phi) is 4.63. The van der Waals surface area contributed by atoms with E-state index in [1.54, 1.807) is 42.5 Å². The van der Waals surface area contributed by atoms with Crippen LogP contribution in [0.4, 0.5) is 11.4 Å². The molecule has 28 heavy (non-hydrogen) atoms. The number of nitrogens with zero attached hydrogens (tertiary/aromatic N) is 1. The summed E-state index contributed by atoms with van der Waals surface area (Å²) in [6.07, 6.45) is 0. The maximum absolute atomic E-state index is 12.7. The Labute approximate surface area is 170 Å². The third kappa shape index (κ3) is 3.15. The molecule has 1 aliphatic rings. The number of imide groups is 1. The summed E-state index contributed by atoms with van der Waals surface area (Å²) < 4.78 is 0. The van der Waals surface area contributed by atoms with Crippen LogP contribution in [0.2, 0.25) is 10.0 Å². The lowest BCUT2D eigenvalue weighted by molar-refractivity contribution is 0.0924. The first kappa shape index (κ1) is 18.2. The van der Waals surface area contributed by atoms with E-state index in [0.29, 0.717) is 16.9 Å². The third-order valence-electron chi connectivity index (χ3n) is 4.33. The topological polar surface area (TPSA) is 66.5 Å². The van der Waals surface area contributed by atoms with Crippen molar-refractivity contribution in [3.63, 3.8) is 0 Å². The molecule has 1 heterocycles. The Hall–Kier alpha value is -3.15. The van der Waals surface area contributed by atoms with Gasteiger partial charge in [-0.3, -0.25) is 14.4 Å². The van der Waals surface area contributed by atoms with Crippen LogP contribution in [-0.4, -0.2) is 17.7 Å². The number of halogens is 2. The first-order valence-corrected chi connectivity index (χ1v) is 9.05. The number of rotatable bonds is 3. The Morgan fingerprint density at radius 2 is 1.39 bits per heavy atom. The van der Waals surface area contributed by atoms with E-state index >= 15 is 0 Å². The Morgan fingerprint density at radius 1 is 0.786 bits per heavy atom. The summed E-state index contributed by atoms with van der Waals surface area (Å²) in [4.78, 5) is 39.0. The molecule has 4 rings (SSSR count). The standard InChI is InChI=1S/C21H12Cl2N2O3/c22-17-10-15-16(11-18(17)23)21(28)25(20(15)27)14-8-4-5-12(9-14)19(26)24-13-6-2-1-3-7-13/h1-11H,(H,24,26). The molecule has 0 bridgehead atoms. The van der Waals surface area contributed by atoms with Crippen LogP contribution in [0.3, 0.4) is 0 Å². The molecule has 7 heteroatoms. The van der Waals surface area contributed by atoms with E-state index in [4.69, 9.17) is 23.2 Å². The van der Waals surface area contributed by atoms with Gasteiger partial charge in [0, 0.05) is 11.3 Å². The van der Waals surface area contributed by atoms with Gasteiger partial charge in [0.1, 0.15) is 0 Å². The highest BCUT2D eigenvalue weighted by Crippen LogP contribution is 2.34. The van der Waals surface area contributed by atoms with E-state index in [2.05, 4.69) is 5.32 Å². The van der Waals surface area contributed by atoms with Crippen molar-refractivity contribution in [2.45, 2.75) is 0 Å². The average molecular weight is 411 g/mol. The second-order valence-electron chi connectivity index (χ2n) is 6.13. The van der Waals surface area contributed by atoms with Crippen LogP contribution in [-0.2, 0) is 0 Å². The van der Waals surface area contributed by atoms with Crippen molar-refractivity contribution in [1.82, 2.24) is 0 Å². The van der Waals surface area contributed by atoms with Gasteiger partial charge in [0.15, 0.2) is 0 Å². The highest BCUT2D eigenvalue weighted by atomic mass is 35.5. The van der Waals surface area contributed by atoms with Gasteiger partial charge < -0.3 is 5.32 Å². The normalized spacial score (nSPS) is 12.9. The molecule has 3 amide bonds. The van der Waals surface area contributed by atoms with Gasteiger partial charge in [-0.25, -0.2) is 4.90 Å². The molecule has 1 aliphatic heterocycles. The van der Waals surface area contributed by atoms with Crippen molar-refractivity contribution in [1.29, 1.82) is 0 Å². The molecule has 3 aromatic rings. The monoisotopic (exact) mass is 410 g/mol. The molecule has 0 fully saturated rings. The minimum Gasteiger partial charge on any atom is -0.322 e. The number of benzene rings is 3. The molecule has 138 valence electrons. The summed E-state index contributed by atoms with van der Waals surface area (Å²) in [7, 11) is 0. The zero-order valence-electron chi connectivity index (χ0n) is 14.3. The quantitative estimate of drug-likeness (QED) is 0.614. The van der Waals surface area contributed by atoms with Crippen molar-refractivity contribution in [3.8, 4) is 0 Å². The van der Waals surface area contributed by atoms with E-state index in [1.165, 1.54) is 18.2 Å². The second-order valence-corrected chi connectivity index (χ2v) is 6.94. The molecule has 5 nitrogen and oxygen atoms in total. The minimum atomic E-state index is -0.515. The molecule has 0 unspecified atom stereocenters. The van der Waals surface area contributed by atoms with Gasteiger partial charge in [-0.05, 0) is 42.5 Å².